The van der Waals surface area contributed by atoms with Crippen molar-refractivity contribution in [2.24, 2.45) is 0 Å². The predicted molar refractivity (Wildman–Crippen MR) is 68.3 cm³/mol. The molecule has 0 aliphatic rings. The van der Waals surface area contributed by atoms with E-state index in [0.29, 0.717) is 6.61 Å². The van der Waals surface area contributed by atoms with Crippen molar-refractivity contribution in [2.75, 3.05) is 0 Å². The molecule has 0 spiro atoms. The number of aliphatic hydroxyl groups is 1. The Hall–Kier alpha value is -1.39. The van der Waals surface area contributed by atoms with E-state index in [1.165, 1.54) is 16.9 Å². The molecule has 0 unspecified atom stereocenters. The van der Waals surface area contributed by atoms with Crippen molar-refractivity contribution in [1.29, 1.82) is 0 Å². The van der Waals surface area contributed by atoms with Crippen molar-refractivity contribution in [2.45, 2.75) is 27.1 Å². The van der Waals surface area contributed by atoms with Crippen LogP contribution in [0, 0.1) is 13.8 Å². The number of rotatable bonds is 4. The summed E-state index contributed by atoms with van der Waals surface area (Å²) in [6.07, 6.45) is 0. The largest absolute Gasteiger partial charge is 0.486 e. The molecule has 0 fully saturated rings. The zero-order chi connectivity index (χ0) is 12.3. The van der Waals surface area contributed by atoms with Crippen LogP contribution in [0.2, 0.25) is 0 Å². The van der Waals surface area contributed by atoms with E-state index in [4.69, 9.17) is 9.84 Å². The van der Waals surface area contributed by atoms with Crippen LogP contribution in [0.4, 0.5) is 0 Å². The second-order valence-corrected chi connectivity index (χ2v) is 5.04. The van der Waals surface area contributed by atoms with E-state index < -0.39 is 0 Å². The van der Waals surface area contributed by atoms with Crippen molar-refractivity contribution in [3.8, 4) is 5.75 Å². The summed E-state index contributed by atoms with van der Waals surface area (Å²) in [5, 5.41) is 9.97. The molecule has 0 saturated heterocycles. The van der Waals surface area contributed by atoms with Crippen molar-refractivity contribution < 1.29 is 9.84 Å². The van der Waals surface area contributed by atoms with Gasteiger partial charge in [-0.05, 0) is 26.0 Å². The molecule has 4 heteroatoms. The lowest BCUT2D eigenvalue weighted by Gasteiger charge is -2.03. The molecule has 0 bridgehead atoms. The van der Waals surface area contributed by atoms with Crippen LogP contribution >= 0.6 is 11.3 Å². The van der Waals surface area contributed by atoms with Crippen molar-refractivity contribution in [3.05, 3.63) is 45.4 Å². The highest BCUT2D eigenvalue weighted by Gasteiger charge is 2.06. The topological polar surface area (TPSA) is 42.4 Å². The first-order valence-electron chi connectivity index (χ1n) is 5.44. The fourth-order valence-corrected chi connectivity index (χ4v) is 2.32. The molecular formula is C13H15NO2S. The molecule has 2 rings (SSSR count). The van der Waals surface area contributed by atoms with E-state index in [1.54, 1.807) is 0 Å². The van der Waals surface area contributed by atoms with Gasteiger partial charge in [0.25, 0.3) is 0 Å². The number of nitrogens with zero attached hydrogens (tertiary/aromatic N) is 1. The van der Waals surface area contributed by atoms with Gasteiger partial charge in [0.15, 0.2) is 0 Å². The quantitative estimate of drug-likeness (QED) is 0.906. The number of hydrogen-bond acceptors (Lipinski definition) is 4. The summed E-state index contributed by atoms with van der Waals surface area (Å²) < 4.78 is 5.63. The Morgan fingerprint density at radius 1 is 1.24 bits per heavy atom. The average molecular weight is 249 g/mol. The Bertz CT molecular complexity index is 491. The molecule has 1 aromatic carbocycles. The van der Waals surface area contributed by atoms with Gasteiger partial charge in [0.1, 0.15) is 17.4 Å². The molecule has 1 heterocycles. The third kappa shape index (κ3) is 3.05. The molecule has 0 amide bonds. The van der Waals surface area contributed by atoms with Crippen LogP contribution < -0.4 is 4.74 Å². The van der Waals surface area contributed by atoms with Crippen LogP contribution in [0.15, 0.2) is 24.3 Å². The Kier molecular flexibility index (Phi) is 3.76. The molecule has 0 aliphatic heterocycles. The molecule has 3 nitrogen and oxygen atoms in total. The second kappa shape index (κ2) is 5.29. The second-order valence-electron chi connectivity index (χ2n) is 3.88. The monoisotopic (exact) mass is 249 g/mol. The van der Waals surface area contributed by atoms with Gasteiger partial charge in [-0.15, -0.1) is 11.3 Å². The molecule has 0 radical (unpaired) electrons. The molecular weight excluding hydrogens is 234 g/mol. The summed E-state index contributed by atoms with van der Waals surface area (Å²) in [5.74, 6) is 0.842. The zero-order valence-electron chi connectivity index (χ0n) is 9.93. The zero-order valence-corrected chi connectivity index (χ0v) is 10.8. The van der Waals surface area contributed by atoms with E-state index in [2.05, 4.69) is 4.98 Å². The molecule has 2 aromatic rings. The van der Waals surface area contributed by atoms with Crippen LogP contribution in [0.5, 0.6) is 5.75 Å². The number of aromatic nitrogens is 1. The van der Waals surface area contributed by atoms with Gasteiger partial charge in [-0.3, -0.25) is 0 Å². The number of hydrogen-bond donors (Lipinski definition) is 1. The fraction of sp³-hybridized carbons (Fsp3) is 0.308. The number of ether oxygens (including phenoxy) is 1. The third-order valence-corrected chi connectivity index (χ3v) is 3.58. The predicted octanol–water partition coefficient (Wildman–Crippen LogP) is 2.83. The molecule has 17 heavy (non-hydrogen) atoms. The van der Waals surface area contributed by atoms with Crippen LogP contribution in [-0.4, -0.2) is 10.1 Å². The lowest BCUT2D eigenvalue weighted by molar-refractivity contribution is 0.284. The Balaban J connectivity index is 1.99. The van der Waals surface area contributed by atoms with Crippen LogP contribution in [0.25, 0.3) is 0 Å². The van der Waals surface area contributed by atoms with E-state index in [1.807, 2.05) is 38.1 Å². The van der Waals surface area contributed by atoms with Gasteiger partial charge in [-0.25, -0.2) is 4.98 Å². The summed E-state index contributed by atoms with van der Waals surface area (Å²) in [7, 11) is 0. The average Bonchev–Trinajstić information content (AvgIpc) is 2.69. The van der Waals surface area contributed by atoms with E-state index in [9.17, 15) is 0 Å². The van der Waals surface area contributed by atoms with Gasteiger partial charge in [-0.2, -0.15) is 0 Å². The minimum atomic E-state index is 0.0496. The standard InChI is InChI=1S/C13H15NO2S/c1-9-3-5-11(6-4-9)16-8-13-14-10(2)12(7-15)17-13/h3-6,15H,7-8H2,1-2H3. The SMILES string of the molecule is Cc1ccc(OCc2nc(C)c(CO)s2)cc1. The van der Waals surface area contributed by atoms with Gasteiger partial charge in [-0.1, -0.05) is 17.7 Å². The summed E-state index contributed by atoms with van der Waals surface area (Å²) in [5.41, 5.74) is 2.10. The van der Waals surface area contributed by atoms with Crippen molar-refractivity contribution in [1.82, 2.24) is 4.98 Å². The van der Waals surface area contributed by atoms with Gasteiger partial charge < -0.3 is 9.84 Å². The van der Waals surface area contributed by atoms with Crippen LogP contribution in [0.3, 0.4) is 0 Å². The summed E-state index contributed by atoms with van der Waals surface area (Å²) in [4.78, 5) is 5.26. The highest BCUT2D eigenvalue weighted by atomic mass is 32.1. The van der Waals surface area contributed by atoms with Gasteiger partial charge in [0, 0.05) is 0 Å². The smallest absolute Gasteiger partial charge is 0.140 e. The number of benzene rings is 1. The summed E-state index contributed by atoms with van der Waals surface area (Å²) in [6.45, 7) is 4.45. The first kappa shape index (κ1) is 12.1. The number of thiazole rings is 1. The number of aliphatic hydroxyl groups excluding tert-OH is 1. The lowest BCUT2D eigenvalue weighted by atomic mass is 10.2. The first-order valence-corrected chi connectivity index (χ1v) is 6.26. The van der Waals surface area contributed by atoms with Crippen LogP contribution in [0.1, 0.15) is 21.1 Å². The van der Waals surface area contributed by atoms with Crippen LogP contribution in [-0.2, 0) is 13.2 Å². The number of aryl methyl sites for hydroxylation is 2. The summed E-state index contributed by atoms with van der Waals surface area (Å²) >= 11 is 1.50. The van der Waals surface area contributed by atoms with E-state index in [-0.39, 0.29) is 6.61 Å². The maximum atomic E-state index is 9.08. The first-order chi connectivity index (χ1) is 8.19. The fourth-order valence-electron chi connectivity index (χ4n) is 1.48. The van der Waals surface area contributed by atoms with E-state index in [0.717, 1.165) is 21.3 Å². The normalized spacial score (nSPS) is 10.5. The highest BCUT2D eigenvalue weighted by Crippen LogP contribution is 2.20. The van der Waals surface area contributed by atoms with Gasteiger partial charge >= 0.3 is 0 Å². The Morgan fingerprint density at radius 2 is 1.94 bits per heavy atom. The minimum absolute atomic E-state index is 0.0496. The Labute approximate surface area is 105 Å². The van der Waals surface area contributed by atoms with Gasteiger partial charge in [0.05, 0.1) is 17.2 Å². The van der Waals surface area contributed by atoms with Crippen molar-refractivity contribution >= 4 is 11.3 Å². The maximum Gasteiger partial charge on any atom is 0.140 e. The molecule has 0 atom stereocenters. The van der Waals surface area contributed by atoms with Gasteiger partial charge in [0.2, 0.25) is 0 Å². The Morgan fingerprint density at radius 3 is 2.53 bits per heavy atom. The molecule has 0 saturated carbocycles. The minimum Gasteiger partial charge on any atom is -0.486 e. The molecule has 90 valence electrons. The lowest BCUT2D eigenvalue weighted by Crippen LogP contribution is -1.94. The van der Waals surface area contributed by atoms with E-state index >= 15 is 0 Å². The highest BCUT2D eigenvalue weighted by molar-refractivity contribution is 7.11. The maximum absolute atomic E-state index is 9.08. The molecule has 1 aromatic heterocycles. The molecule has 0 aliphatic carbocycles. The molecule has 1 N–H and O–H groups in total. The van der Waals surface area contributed by atoms with Crippen molar-refractivity contribution in [3.63, 3.8) is 0 Å². The third-order valence-electron chi connectivity index (χ3n) is 2.46. The summed E-state index contributed by atoms with van der Waals surface area (Å²) in [6, 6.07) is 7.93.